The maximum absolute atomic E-state index is 12.0. The molecule has 0 aliphatic carbocycles. The number of carbonyl (C=O) groups excluding carboxylic acids is 1. The van der Waals surface area contributed by atoms with E-state index >= 15 is 0 Å². The van der Waals surface area contributed by atoms with E-state index in [2.05, 4.69) is 6.07 Å². The number of nitrogens with one attached hydrogen (secondary N) is 1. The van der Waals surface area contributed by atoms with E-state index in [0.29, 0.717) is 23.5 Å². The molecule has 3 N–H and O–H groups in total. The summed E-state index contributed by atoms with van der Waals surface area (Å²) in [5, 5.41) is 7.38. The van der Waals surface area contributed by atoms with E-state index in [1.807, 2.05) is 12.1 Å². The predicted molar refractivity (Wildman–Crippen MR) is 85.8 cm³/mol. The van der Waals surface area contributed by atoms with Crippen molar-refractivity contribution < 1.29 is 14.3 Å². The second kappa shape index (κ2) is 6.39. The summed E-state index contributed by atoms with van der Waals surface area (Å²) >= 11 is 0. The van der Waals surface area contributed by atoms with Gasteiger partial charge in [-0.1, -0.05) is 12.1 Å². The van der Waals surface area contributed by atoms with Gasteiger partial charge in [0.25, 0.3) is 0 Å². The first-order chi connectivity index (χ1) is 11.1. The summed E-state index contributed by atoms with van der Waals surface area (Å²) in [6.07, 6.45) is -0.746. The van der Waals surface area contributed by atoms with Crippen molar-refractivity contribution in [2.45, 2.75) is 6.10 Å². The van der Waals surface area contributed by atoms with Crippen molar-refractivity contribution in [1.29, 1.82) is 5.41 Å². The Hall–Kier alpha value is -3.02. The van der Waals surface area contributed by atoms with E-state index in [1.165, 1.54) is 4.90 Å². The molecule has 1 aliphatic heterocycles. The van der Waals surface area contributed by atoms with Gasteiger partial charge in [-0.2, -0.15) is 0 Å². The summed E-state index contributed by atoms with van der Waals surface area (Å²) in [6.45, 7) is 0.695. The van der Waals surface area contributed by atoms with Crippen LogP contribution < -0.4 is 15.4 Å². The molecule has 1 heterocycles. The lowest BCUT2D eigenvalue weighted by atomic mass is 10.2. The fourth-order valence-corrected chi connectivity index (χ4v) is 2.30. The van der Waals surface area contributed by atoms with Gasteiger partial charge in [0.2, 0.25) is 0 Å². The van der Waals surface area contributed by atoms with Crippen LogP contribution in [0, 0.1) is 11.5 Å². The number of benzene rings is 2. The molecule has 1 unspecified atom stereocenters. The number of rotatable bonds is 5. The number of hydrogen-bond donors (Lipinski definition) is 2. The van der Waals surface area contributed by atoms with Gasteiger partial charge in [-0.3, -0.25) is 10.3 Å². The lowest BCUT2D eigenvalue weighted by Crippen LogP contribution is -2.26. The maximum atomic E-state index is 12.0. The maximum Gasteiger partial charge on any atom is 0.414 e. The molecule has 1 radical (unpaired) electrons. The minimum Gasteiger partial charge on any atom is -0.490 e. The van der Waals surface area contributed by atoms with E-state index < -0.39 is 6.09 Å². The Morgan fingerprint density at radius 1 is 1.39 bits per heavy atom. The number of amides is 1. The molecule has 2 aromatic rings. The second-order valence-electron chi connectivity index (χ2n) is 5.13. The topological polar surface area (TPSA) is 88.6 Å². The lowest BCUT2D eigenvalue weighted by Gasteiger charge is -2.13. The van der Waals surface area contributed by atoms with Gasteiger partial charge >= 0.3 is 6.09 Å². The highest BCUT2D eigenvalue weighted by Crippen LogP contribution is 2.22. The third kappa shape index (κ3) is 3.42. The van der Waals surface area contributed by atoms with Crippen molar-refractivity contribution in [1.82, 2.24) is 0 Å². The number of amidine groups is 1. The smallest absolute Gasteiger partial charge is 0.414 e. The molecule has 0 spiro atoms. The number of anilines is 1. The van der Waals surface area contributed by atoms with Crippen LogP contribution >= 0.6 is 0 Å². The van der Waals surface area contributed by atoms with Crippen LogP contribution in [0.15, 0.2) is 48.5 Å². The highest BCUT2D eigenvalue weighted by atomic mass is 16.6. The van der Waals surface area contributed by atoms with Crippen LogP contribution in [0.2, 0.25) is 0 Å². The molecule has 3 rings (SSSR count). The van der Waals surface area contributed by atoms with Crippen molar-refractivity contribution in [2.75, 3.05) is 18.1 Å². The van der Waals surface area contributed by atoms with Gasteiger partial charge in [-0.05, 0) is 42.5 Å². The van der Waals surface area contributed by atoms with Crippen molar-refractivity contribution >= 4 is 17.6 Å². The first kappa shape index (κ1) is 14.9. The van der Waals surface area contributed by atoms with Crippen molar-refractivity contribution in [2.24, 2.45) is 5.73 Å². The zero-order valence-electron chi connectivity index (χ0n) is 12.4. The third-order valence-corrected chi connectivity index (χ3v) is 3.48. The molecule has 1 fully saturated rings. The summed E-state index contributed by atoms with van der Waals surface area (Å²) in [4.78, 5) is 13.5. The predicted octanol–water partition coefficient (Wildman–Crippen LogP) is 2.18. The molecule has 23 heavy (non-hydrogen) atoms. The Morgan fingerprint density at radius 3 is 2.83 bits per heavy atom. The molecular formula is C17H16N3O3. The van der Waals surface area contributed by atoms with Crippen LogP contribution in [0.1, 0.15) is 5.56 Å². The van der Waals surface area contributed by atoms with Crippen molar-refractivity contribution in [3.05, 3.63) is 60.2 Å². The zero-order valence-corrected chi connectivity index (χ0v) is 12.4. The molecule has 0 bridgehead atoms. The first-order valence-electron chi connectivity index (χ1n) is 7.15. The van der Waals surface area contributed by atoms with Crippen LogP contribution in [-0.2, 0) is 4.74 Å². The van der Waals surface area contributed by atoms with E-state index in [-0.39, 0.29) is 18.5 Å². The Labute approximate surface area is 133 Å². The average Bonchev–Trinajstić information content (AvgIpc) is 2.95. The fourth-order valence-electron chi connectivity index (χ4n) is 2.30. The minimum absolute atomic E-state index is 0.00788. The largest absolute Gasteiger partial charge is 0.490 e. The monoisotopic (exact) mass is 310 g/mol. The normalized spacial score (nSPS) is 17.0. The highest BCUT2D eigenvalue weighted by molar-refractivity contribution is 5.96. The Morgan fingerprint density at radius 2 is 2.17 bits per heavy atom. The number of nitrogens with two attached hydrogens (primary N) is 1. The van der Waals surface area contributed by atoms with Crippen LogP contribution in [0.4, 0.5) is 10.5 Å². The average molecular weight is 310 g/mol. The summed E-state index contributed by atoms with van der Waals surface area (Å²) in [7, 11) is 0. The molecule has 6 nitrogen and oxygen atoms in total. The molecule has 2 aromatic carbocycles. The quantitative estimate of drug-likeness (QED) is 0.654. The molecule has 117 valence electrons. The van der Waals surface area contributed by atoms with Gasteiger partial charge in [0.15, 0.2) is 6.10 Å². The van der Waals surface area contributed by atoms with E-state index in [9.17, 15) is 4.79 Å². The van der Waals surface area contributed by atoms with Gasteiger partial charge in [0, 0.05) is 11.3 Å². The molecule has 1 aliphatic rings. The molecule has 1 amide bonds. The minimum atomic E-state index is -0.409. The molecule has 1 saturated heterocycles. The van der Waals surface area contributed by atoms with E-state index in [4.69, 9.17) is 20.6 Å². The zero-order chi connectivity index (χ0) is 16.2. The van der Waals surface area contributed by atoms with Gasteiger partial charge in [-0.15, -0.1) is 0 Å². The molecule has 1 atom stereocenters. The third-order valence-electron chi connectivity index (χ3n) is 3.48. The summed E-state index contributed by atoms with van der Waals surface area (Å²) in [6, 6.07) is 17.0. The van der Waals surface area contributed by atoms with Crippen molar-refractivity contribution in [3.8, 4) is 5.75 Å². The standard InChI is InChI=1S/C17H16N3O3/c18-16(19)12-6-8-13(9-7-12)20-10-15(23-17(20)21)11-22-14-4-2-1-3-5-14/h1-2,4-9,15H,10-11H2,(H3,18,19). The second-order valence-corrected chi connectivity index (χ2v) is 5.13. The Bertz CT molecular complexity index is 701. The Kier molecular flexibility index (Phi) is 4.14. The van der Waals surface area contributed by atoms with Crippen LogP contribution in [0.3, 0.4) is 0 Å². The molecule has 6 heteroatoms. The summed E-state index contributed by atoms with van der Waals surface area (Å²) < 4.78 is 10.9. The van der Waals surface area contributed by atoms with E-state index in [0.717, 1.165) is 0 Å². The van der Waals surface area contributed by atoms with Crippen molar-refractivity contribution in [3.63, 3.8) is 0 Å². The van der Waals surface area contributed by atoms with Gasteiger partial charge in [-0.25, -0.2) is 4.79 Å². The Balaban J connectivity index is 1.62. The van der Waals surface area contributed by atoms with Crippen LogP contribution in [0.5, 0.6) is 5.75 Å². The molecular weight excluding hydrogens is 294 g/mol. The van der Waals surface area contributed by atoms with Crippen LogP contribution in [-0.4, -0.2) is 31.2 Å². The fraction of sp³-hybridized carbons (Fsp3) is 0.176. The number of cyclic esters (lactones) is 1. The summed E-state index contributed by atoms with van der Waals surface area (Å²) in [5.41, 5.74) is 6.74. The SMILES string of the molecule is N=C(N)c1ccc(N2CC(COc3c[c]ccc3)OC2=O)cc1. The molecule has 0 saturated carbocycles. The van der Waals surface area contributed by atoms with Gasteiger partial charge in [0.05, 0.1) is 6.54 Å². The van der Waals surface area contributed by atoms with Crippen LogP contribution in [0.25, 0.3) is 0 Å². The number of nitrogens with zero attached hydrogens (tertiary/aromatic N) is 1. The summed E-state index contributed by atoms with van der Waals surface area (Å²) in [5.74, 6) is 0.680. The number of carbonyl (C=O) groups is 1. The highest BCUT2D eigenvalue weighted by Gasteiger charge is 2.32. The van der Waals surface area contributed by atoms with Gasteiger partial charge < -0.3 is 15.2 Å². The number of ether oxygens (including phenoxy) is 2. The lowest BCUT2D eigenvalue weighted by molar-refractivity contribution is 0.105. The first-order valence-corrected chi connectivity index (χ1v) is 7.15. The van der Waals surface area contributed by atoms with E-state index in [1.54, 1.807) is 36.4 Å². The number of nitrogen functional groups attached to an aromatic ring is 1. The van der Waals surface area contributed by atoms with Gasteiger partial charge in [0.1, 0.15) is 18.2 Å². The molecule has 0 aromatic heterocycles. The number of hydrogen-bond acceptors (Lipinski definition) is 4.